The van der Waals surface area contributed by atoms with Gasteiger partial charge in [0.15, 0.2) is 0 Å². The lowest BCUT2D eigenvalue weighted by Crippen LogP contribution is -2.39. The quantitative estimate of drug-likeness (QED) is 0.657. The van der Waals surface area contributed by atoms with E-state index in [-0.39, 0.29) is 5.91 Å². The van der Waals surface area contributed by atoms with Crippen molar-refractivity contribution in [1.82, 2.24) is 19.8 Å². The van der Waals surface area contributed by atoms with Gasteiger partial charge in [-0.15, -0.1) is 0 Å². The standard InChI is InChI=1S/C26H38N4O2/c1-18-14-22(15-19(2)25(18)32-4)21-9-10-24-28-23(17-30(24)16-21)26(31)27-11-7-13-29-12-6-5-8-20(29)3/h14-15,17,20-21H,5-13,16H2,1-4H3,(H,27,31)/t20-,21+/m0/s1. The number of nitrogens with one attached hydrogen (secondary N) is 1. The van der Waals surface area contributed by atoms with Crippen LogP contribution in [0.4, 0.5) is 0 Å². The van der Waals surface area contributed by atoms with Gasteiger partial charge in [-0.3, -0.25) is 4.79 Å². The molecule has 0 aliphatic carbocycles. The van der Waals surface area contributed by atoms with Crippen LogP contribution in [0.15, 0.2) is 18.3 Å². The summed E-state index contributed by atoms with van der Waals surface area (Å²) in [7, 11) is 1.73. The van der Waals surface area contributed by atoms with Crippen LogP contribution in [0.25, 0.3) is 0 Å². The molecule has 2 aliphatic heterocycles. The Balaban J connectivity index is 1.32. The predicted molar refractivity (Wildman–Crippen MR) is 128 cm³/mol. The van der Waals surface area contributed by atoms with Gasteiger partial charge in [-0.1, -0.05) is 18.6 Å². The first-order chi connectivity index (χ1) is 15.5. The van der Waals surface area contributed by atoms with Gasteiger partial charge in [0.05, 0.1) is 7.11 Å². The first kappa shape index (κ1) is 22.8. The summed E-state index contributed by atoms with van der Waals surface area (Å²) in [6.07, 6.45) is 8.82. The van der Waals surface area contributed by atoms with Gasteiger partial charge in [0.2, 0.25) is 0 Å². The monoisotopic (exact) mass is 438 g/mol. The number of carbonyl (C=O) groups excluding carboxylic acids is 1. The minimum absolute atomic E-state index is 0.0497. The highest BCUT2D eigenvalue weighted by atomic mass is 16.5. The smallest absolute Gasteiger partial charge is 0.271 e. The van der Waals surface area contributed by atoms with Crippen LogP contribution in [-0.2, 0) is 13.0 Å². The minimum atomic E-state index is -0.0497. The number of imidazole rings is 1. The maximum absolute atomic E-state index is 12.7. The lowest BCUT2D eigenvalue weighted by molar-refractivity contribution is 0.0944. The Morgan fingerprint density at radius 1 is 1.22 bits per heavy atom. The fourth-order valence-corrected chi connectivity index (χ4v) is 5.43. The summed E-state index contributed by atoms with van der Waals surface area (Å²) in [4.78, 5) is 19.9. The van der Waals surface area contributed by atoms with Crippen LogP contribution in [0.1, 0.15) is 77.9 Å². The van der Waals surface area contributed by atoms with E-state index < -0.39 is 0 Å². The molecule has 1 aromatic heterocycles. The molecule has 0 unspecified atom stereocenters. The van der Waals surface area contributed by atoms with E-state index in [9.17, 15) is 4.79 Å². The average molecular weight is 439 g/mol. The van der Waals surface area contributed by atoms with Crippen LogP contribution in [0.5, 0.6) is 5.75 Å². The third-order valence-electron chi connectivity index (χ3n) is 7.23. The van der Waals surface area contributed by atoms with E-state index in [0.29, 0.717) is 24.2 Å². The number of aryl methyl sites for hydroxylation is 3. The van der Waals surface area contributed by atoms with E-state index >= 15 is 0 Å². The molecule has 1 fully saturated rings. The molecule has 1 amide bonds. The van der Waals surface area contributed by atoms with Gasteiger partial charge >= 0.3 is 0 Å². The Bertz CT molecular complexity index is 928. The lowest BCUT2D eigenvalue weighted by atomic mass is 9.89. The molecule has 6 nitrogen and oxygen atoms in total. The number of methoxy groups -OCH3 is 1. The van der Waals surface area contributed by atoms with E-state index in [1.807, 2.05) is 6.20 Å². The molecule has 1 N–H and O–H groups in total. The van der Waals surface area contributed by atoms with Gasteiger partial charge in [-0.05, 0) is 69.7 Å². The third kappa shape index (κ3) is 5.01. The number of hydrogen-bond donors (Lipinski definition) is 1. The number of piperidine rings is 1. The van der Waals surface area contributed by atoms with E-state index in [4.69, 9.17) is 4.74 Å². The van der Waals surface area contributed by atoms with Crippen molar-refractivity contribution in [3.05, 3.63) is 46.5 Å². The van der Waals surface area contributed by atoms with Crippen LogP contribution in [0.2, 0.25) is 0 Å². The number of rotatable bonds is 7. The molecule has 32 heavy (non-hydrogen) atoms. The summed E-state index contributed by atoms with van der Waals surface area (Å²) in [5.41, 5.74) is 4.25. The van der Waals surface area contributed by atoms with E-state index in [1.54, 1.807) is 7.11 Å². The third-order valence-corrected chi connectivity index (χ3v) is 7.23. The first-order valence-corrected chi connectivity index (χ1v) is 12.2. The van der Waals surface area contributed by atoms with Crippen molar-refractivity contribution in [2.75, 3.05) is 26.7 Å². The fraction of sp³-hybridized carbons (Fsp3) is 0.615. The number of nitrogens with zero attached hydrogens (tertiary/aromatic N) is 3. The molecule has 3 heterocycles. The lowest BCUT2D eigenvalue weighted by Gasteiger charge is -2.33. The zero-order valence-electron chi connectivity index (χ0n) is 20.1. The van der Waals surface area contributed by atoms with Crippen molar-refractivity contribution >= 4 is 5.91 Å². The number of fused-ring (bicyclic) bond motifs is 1. The largest absolute Gasteiger partial charge is 0.496 e. The van der Waals surface area contributed by atoms with E-state index in [2.05, 4.69) is 52.7 Å². The molecule has 1 aromatic carbocycles. The van der Waals surface area contributed by atoms with Crippen molar-refractivity contribution in [1.29, 1.82) is 0 Å². The predicted octanol–water partition coefficient (Wildman–Crippen LogP) is 4.23. The highest BCUT2D eigenvalue weighted by Gasteiger charge is 2.24. The van der Waals surface area contributed by atoms with Crippen molar-refractivity contribution in [2.45, 2.75) is 77.8 Å². The van der Waals surface area contributed by atoms with Gasteiger partial charge in [0, 0.05) is 44.2 Å². The fourth-order valence-electron chi connectivity index (χ4n) is 5.43. The molecular weight excluding hydrogens is 400 g/mol. The molecule has 0 spiro atoms. The van der Waals surface area contributed by atoms with Crippen molar-refractivity contribution < 1.29 is 9.53 Å². The molecule has 174 valence electrons. The molecule has 1 saturated heterocycles. The SMILES string of the molecule is COc1c(C)cc([C@@H]2CCc3nc(C(=O)NCCCN4CCCC[C@@H]4C)cn3C2)cc1C. The van der Waals surface area contributed by atoms with Crippen molar-refractivity contribution in [3.8, 4) is 5.75 Å². The number of ether oxygens (including phenoxy) is 1. The highest BCUT2D eigenvalue weighted by molar-refractivity contribution is 5.92. The maximum Gasteiger partial charge on any atom is 0.271 e. The first-order valence-electron chi connectivity index (χ1n) is 12.2. The maximum atomic E-state index is 12.7. The summed E-state index contributed by atoms with van der Waals surface area (Å²) in [6, 6.07) is 5.16. The van der Waals surface area contributed by atoms with E-state index in [0.717, 1.165) is 43.9 Å². The zero-order valence-corrected chi connectivity index (χ0v) is 20.1. The molecule has 4 rings (SSSR count). The number of likely N-dealkylation sites (tertiary alicyclic amines) is 1. The molecule has 0 radical (unpaired) electrons. The normalized spacial score (nSPS) is 21.2. The van der Waals surface area contributed by atoms with Gasteiger partial charge in [0.1, 0.15) is 17.3 Å². The molecule has 2 atom stereocenters. The summed E-state index contributed by atoms with van der Waals surface area (Å²) < 4.78 is 7.70. The van der Waals surface area contributed by atoms with Gasteiger partial charge in [0.25, 0.3) is 5.91 Å². The van der Waals surface area contributed by atoms with Crippen molar-refractivity contribution in [2.24, 2.45) is 0 Å². The second kappa shape index (κ2) is 10.1. The summed E-state index contributed by atoms with van der Waals surface area (Å²) >= 11 is 0. The molecule has 0 bridgehead atoms. The van der Waals surface area contributed by atoms with Crippen LogP contribution < -0.4 is 10.1 Å². The number of benzene rings is 1. The number of carbonyl (C=O) groups is 1. The number of hydrogen-bond acceptors (Lipinski definition) is 4. The molecule has 2 aliphatic rings. The number of amides is 1. The van der Waals surface area contributed by atoms with Crippen LogP contribution in [0, 0.1) is 13.8 Å². The highest BCUT2D eigenvalue weighted by Crippen LogP contribution is 2.33. The Morgan fingerprint density at radius 3 is 2.72 bits per heavy atom. The van der Waals surface area contributed by atoms with E-state index in [1.165, 1.54) is 42.5 Å². The number of aromatic nitrogens is 2. The summed E-state index contributed by atoms with van der Waals surface area (Å²) in [6.45, 7) is 10.4. The molecule has 2 aromatic rings. The Morgan fingerprint density at radius 2 is 2.00 bits per heavy atom. The summed E-state index contributed by atoms with van der Waals surface area (Å²) in [5.74, 6) is 2.38. The minimum Gasteiger partial charge on any atom is -0.496 e. The second-order valence-electron chi connectivity index (χ2n) is 9.61. The van der Waals surface area contributed by atoms with Crippen LogP contribution >= 0.6 is 0 Å². The summed E-state index contributed by atoms with van der Waals surface area (Å²) in [5, 5.41) is 3.08. The Hall–Kier alpha value is -2.34. The molecular formula is C26H38N4O2. The Kier molecular flexibility index (Phi) is 7.19. The Labute approximate surface area is 192 Å². The average Bonchev–Trinajstić information content (AvgIpc) is 3.21. The zero-order chi connectivity index (χ0) is 22.7. The van der Waals surface area contributed by atoms with Crippen molar-refractivity contribution in [3.63, 3.8) is 0 Å². The van der Waals surface area contributed by atoms with Gasteiger partial charge in [-0.2, -0.15) is 0 Å². The van der Waals surface area contributed by atoms with Gasteiger partial charge in [-0.25, -0.2) is 4.98 Å². The van der Waals surface area contributed by atoms with Gasteiger partial charge < -0.3 is 19.5 Å². The van der Waals surface area contributed by atoms with Crippen LogP contribution in [0.3, 0.4) is 0 Å². The topological polar surface area (TPSA) is 59.4 Å². The van der Waals surface area contributed by atoms with Crippen LogP contribution in [-0.4, -0.2) is 53.1 Å². The molecule has 6 heteroatoms. The second-order valence-corrected chi connectivity index (χ2v) is 9.61. The molecule has 0 saturated carbocycles.